The van der Waals surface area contributed by atoms with Crippen LogP contribution in [0.25, 0.3) is 0 Å². The summed E-state index contributed by atoms with van der Waals surface area (Å²) in [5.74, 6) is 0.159. The van der Waals surface area contributed by atoms with Gasteiger partial charge in [-0.2, -0.15) is 0 Å². The summed E-state index contributed by atoms with van der Waals surface area (Å²) in [6, 6.07) is 10.5. The fourth-order valence-electron chi connectivity index (χ4n) is 2.13. The van der Waals surface area contributed by atoms with E-state index in [9.17, 15) is 9.59 Å². The molecule has 3 N–H and O–H groups in total. The highest BCUT2D eigenvalue weighted by Crippen LogP contribution is 2.22. The number of rotatable bonds is 6. The van der Waals surface area contributed by atoms with E-state index in [0.29, 0.717) is 16.5 Å². The van der Waals surface area contributed by atoms with Crippen molar-refractivity contribution < 1.29 is 19.1 Å². The van der Waals surface area contributed by atoms with Crippen LogP contribution in [0.1, 0.15) is 11.1 Å². The minimum Gasteiger partial charge on any atom is -0.484 e. The molecule has 10 heteroatoms. The zero-order valence-electron chi connectivity index (χ0n) is 15.7. The number of carbonyl (C=O) groups is 2. The molecule has 2 amide bonds. The van der Waals surface area contributed by atoms with Gasteiger partial charge in [0.05, 0.1) is 0 Å². The van der Waals surface area contributed by atoms with Crippen molar-refractivity contribution in [3.8, 4) is 11.5 Å². The smallest absolute Gasteiger partial charge is 0.276 e. The Bertz CT molecular complexity index is 926. The Morgan fingerprint density at radius 1 is 1.00 bits per heavy atom. The molecule has 0 saturated carbocycles. The molecule has 2 rings (SSSR count). The van der Waals surface area contributed by atoms with E-state index in [2.05, 4.69) is 32.1 Å². The van der Waals surface area contributed by atoms with Gasteiger partial charge in [0.2, 0.25) is 0 Å². The van der Waals surface area contributed by atoms with Crippen LogP contribution in [0.3, 0.4) is 0 Å². The number of hydrogen-bond acceptors (Lipinski definition) is 5. The van der Waals surface area contributed by atoms with Crippen LogP contribution in [0.2, 0.25) is 5.02 Å². The second kappa shape index (κ2) is 11.0. The maximum Gasteiger partial charge on any atom is 0.276 e. The van der Waals surface area contributed by atoms with Gasteiger partial charge in [0.25, 0.3) is 11.8 Å². The van der Waals surface area contributed by atoms with Gasteiger partial charge in [0.1, 0.15) is 11.5 Å². The summed E-state index contributed by atoms with van der Waals surface area (Å²) < 4.78 is 11.8. The predicted molar refractivity (Wildman–Crippen MR) is 118 cm³/mol. The van der Waals surface area contributed by atoms with Gasteiger partial charge in [0, 0.05) is 9.50 Å². The van der Waals surface area contributed by atoms with E-state index < -0.39 is 11.8 Å². The largest absolute Gasteiger partial charge is 0.484 e. The van der Waals surface area contributed by atoms with Gasteiger partial charge in [-0.1, -0.05) is 27.5 Å². The first-order valence-electron chi connectivity index (χ1n) is 8.41. The van der Waals surface area contributed by atoms with Gasteiger partial charge in [-0.05, 0) is 73.6 Å². The normalized spacial score (nSPS) is 10.1. The van der Waals surface area contributed by atoms with Gasteiger partial charge >= 0.3 is 0 Å². The Morgan fingerprint density at radius 3 is 2.41 bits per heavy atom. The predicted octanol–water partition coefficient (Wildman–Crippen LogP) is 3.20. The van der Waals surface area contributed by atoms with Crippen molar-refractivity contribution in [2.24, 2.45) is 0 Å². The standard InChI is InChI=1S/C19H19BrClN3O4S/c1-11-8-14(4-5-15(11)20)27-9-17(25)22-19(29)24-23-18(26)10-28-16-6-3-13(21)7-12(16)2/h3-8H,9-10H2,1-2H3,(H,23,26)(H2,22,24,25,29). The molecule has 154 valence electrons. The fourth-order valence-corrected chi connectivity index (χ4v) is 2.77. The van der Waals surface area contributed by atoms with Crippen LogP contribution >= 0.6 is 39.7 Å². The highest BCUT2D eigenvalue weighted by molar-refractivity contribution is 9.10. The third kappa shape index (κ3) is 7.88. The van der Waals surface area contributed by atoms with Crippen molar-refractivity contribution in [1.29, 1.82) is 0 Å². The summed E-state index contributed by atoms with van der Waals surface area (Å²) in [5.41, 5.74) is 6.55. The number of aryl methyl sites for hydroxylation is 2. The van der Waals surface area contributed by atoms with Crippen LogP contribution in [-0.2, 0) is 9.59 Å². The summed E-state index contributed by atoms with van der Waals surface area (Å²) in [5, 5.41) is 2.91. The first-order chi connectivity index (χ1) is 13.7. The van der Waals surface area contributed by atoms with Crippen molar-refractivity contribution in [3.63, 3.8) is 0 Å². The second-order valence-electron chi connectivity index (χ2n) is 5.95. The summed E-state index contributed by atoms with van der Waals surface area (Å²) in [7, 11) is 0. The number of halogens is 2. The lowest BCUT2D eigenvalue weighted by Gasteiger charge is -2.13. The molecule has 0 spiro atoms. The molecule has 0 bridgehead atoms. The van der Waals surface area contributed by atoms with Gasteiger partial charge in [0.15, 0.2) is 18.3 Å². The van der Waals surface area contributed by atoms with E-state index in [0.717, 1.165) is 15.6 Å². The molecule has 0 fully saturated rings. The van der Waals surface area contributed by atoms with Crippen LogP contribution in [-0.4, -0.2) is 30.1 Å². The van der Waals surface area contributed by atoms with Crippen LogP contribution in [0.4, 0.5) is 0 Å². The number of hydrogen-bond donors (Lipinski definition) is 3. The lowest BCUT2D eigenvalue weighted by atomic mass is 10.2. The molecule has 0 saturated heterocycles. The lowest BCUT2D eigenvalue weighted by Crippen LogP contribution is -2.50. The monoisotopic (exact) mass is 499 g/mol. The molecule has 0 aliphatic heterocycles. The molecule has 2 aromatic carbocycles. The van der Waals surface area contributed by atoms with Crippen molar-refractivity contribution in [2.75, 3.05) is 13.2 Å². The highest BCUT2D eigenvalue weighted by atomic mass is 79.9. The van der Waals surface area contributed by atoms with Crippen molar-refractivity contribution in [1.82, 2.24) is 16.2 Å². The molecule has 0 unspecified atom stereocenters. The minimum atomic E-state index is -0.475. The fraction of sp³-hybridized carbons (Fsp3) is 0.211. The molecule has 0 aliphatic carbocycles. The lowest BCUT2D eigenvalue weighted by molar-refractivity contribution is -0.124. The van der Waals surface area contributed by atoms with Gasteiger partial charge in [-0.15, -0.1) is 0 Å². The maximum absolute atomic E-state index is 11.9. The Balaban J connectivity index is 1.68. The average molecular weight is 501 g/mol. The SMILES string of the molecule is Cc1cc(OCC(=O)NC(=S)NNC(=O)COc2ccc(Cl)cc2C)ccc1Br. The van der Waals surface area contributed by atoms with Crippen molar-refractivity contribution >= 4 is 56.7 Å². The number of nitrogens with one attached hydrogen (secondary N) is 3. The number of amides is 2. The first kappa shape index (κ1) is 22.9. The Hall–Kier alpha value is -2.36. The van der Waals surface area contributed by atoms with Crippen LogP contribution < -0.4 is 25.6 Å². The average Bonchev–Trinajstić information content (AvgIpc) is 2.66. The topological polar surface area (TPSA) is 88.7 Å². The van der Waals surface area contributed by atoms with Crippen LogP contribution in [0, 0.1) is 13.8 Å². The Labute approximate surface area is 187 Å². The number of benzene rings is 2. The van der Waals surface area contributed by atoms with E-state index in [-0.39, 0.29) is 18.3 Å². The number of hydrazine groups is 1. The molecule has 7 nitrogen and oxygen atoms in total. The highest BCUT2D eigenvalue weighted by Gasteiger charge is 2.09. The van der Waals surface area contributed by atoms with Crippen molar-refractivity contribution in [3.05, 3.63) is 57.0 Å². The Kier molecular flexibility index (Phi) is 8.69. The molecular weight excluding hydrogens is 482 g/mol. The van der Waals surface area contributed by atoms with E-state index in [1.165, 1.54) is 0 Å². The minimum absolute atomic E-state index is 0.0680. The summed E-state index contributed by atoms with van der Waals surface area (Å²) in [6.45, 7) is 3.27. The molecule has 0 aromatic heterocycles. The van der Waals surface area contributed by atoms with E-state index in [1.54, 1.807) is 30.3 Å². The molecular formula is C19H19BrClN3O4S. The summed E-state index contributed by atoms with van der Waals surface area (Å²) in [4.78, 5) is 23.7. The zero-order valence-corrected chi connectivity index (χ0v) is 18.8. The van der Waals surface area contributed by atoms with Gasteiger partial charge < -0.3 is 9.47 Å². The van der Waals surface area contributed by atoms with Crippen LogP contribution in [0.15, 0.2) is 40.9 Å². The molecule has 2 aromatic rings. The van der Waals surface area contributed by atoms with E-state index >= 15 is 0 Å². The number of thiocarbonyl (C=S) groups is 1. The van der Waals surface area contributed by atoms with Crippen LogP contribution in [0.5, 0.6) is 11.5 Å². The van der Waals surface area contributed by atoms with Crippen molar-refractivity contribution in [2.45, 2.75) is 13.8 Å². The number of carbonyl (C=O) groups excluding carboxylic acids is 2. The summed E-state index contributed by atoms with van der Waals surface area (Å²) in [6.07, 6.45) is 0. The molecule has 0 radical (unpaired) electrons. The second-order valence-corrected chi connectivity index (χ2v) is 7.65. The molecule has 0 aliphatic rings. The van der Waals surface area contributed by atoms with Gasteiger partial charge in [-0.3, -0.25) is 25.8 Å². The molecule has 0 heterocycles. The third-order valence-corrected chi connectivity index (χ3v) is 4.89. The summed E-state index contributed by atoms with van der Waals surface area (Å²) >= 11 is 14.2. The molecule has 29 heavy (non-hydrogen) atoms. The number of ether oxygens (including phenoxy) is 2. The maximum atomic E-state index is 11.9. The van der Waals surface area contributed by atoms with Gasteiger partial charge in [-0.25, -0.2) is 0 Å². The zero-order chi connectivity index (χ0) is 21.4. The molecule has 0 atom stereocenters. The van der Waals surface area contributed by atoms with E-state index in [1.807, 2.05) is 19.9 Å². The Morgan fingerprint density at radius 2 is 1.72 bits per heavy atom. The third-order valence-electron chi connectivity index (χ3n) is 3.56. The quantitative estimate of drug-likeness (QED) is 0.417. The first-order valence-corrected chi connectivity index (χ1v) is 9.99. The van der Waals surface area contributed by atoms with E-state index in [4.69, 9.17) is 33.3 Å².